The fourth-order valence-corrected chi connectivity index (χ4v) is 3.89. The van der Waals surface area contributed by atoms with E-state index in [1.54, 1.807) is 12.1 Å². The lowest BCUT2D eigenvalue weighted by Crippen LogP contribution is -2.57. The van der Waals surface area contributed by atoms with Crippen LogP contribution in [0.1, 0.15) is 45.1 Å². The topological polar surface area (TPSA) is 92.0 Å². The van der Waals surface area contributed by atoms with Crippen LogP contribution in [0.15, 0.2) is 29.3 Å². The highest BCUT2D eigenvalue weighted by Crippen LogP contribution is 2.18. The SMILES string of the molecule is CC(C)(CNC(=NCc1ccc([N+](=O)[O-])cc1)NC1CCCC1)N1CCOCC1.I. The van der Waals surface area contributed by atoms with Crippen LogP contribution in [-0.4, -0.2) is 60.2 Å². The van der Waals surface area contributed by atoms with Gasteiger partial charge >= 0.3 is 0 Å². The van der Waals surface area contributed by atoms with Crippen molar-refractivity contribution in [3.63, 3.8) is 0 Å². The number of ether oxygens (including phenoxy) is 1. The number of non-ortho nitro benzene ring substituents is 1. The van der Waals surface area contributed by atoms with Crippen LogP contribution in [0.5, 0.6) is 0 Å². The molecule has 0 unspecified atom stereocenters. The number of hydrogen-bond donors (Lipinski definition) is 2. The Morgan fingerprint density at radius 1 is 1.23 bits per heavy atom. The molecule has 2 N–H and O–H groups in total. The van der Waals surface area contributed by atoms with Crippen molar-refractivity contribution in [3.05, 3.63) is 39.9 Å². The van der Waals surface area contributed by atoms with Gasteiger partial charge in [-0.25, -0.2) is 4.99 Å². The minimum Gasteiger partial charge on any atom is -0.379 e. The number of morpholine rings is 1. The summed E-state index contributed by atoms with van der Waals surface area (Å²) in [5.74, 6) is 0.816. The van der Waals surface area contributed by atoms with Crippen molar-refractivity contribution in [2.24, 2.45) is 4.99 Å². The van der Waals surface area contributed by atoms with Crippen molar-refractivity contribution in [1.29, 1.82) is 0 Å². The second kappa shape index (κ2) is 11.8. The zero-order valence-corrected chi connectivity index (χ0v) is 20.3. The molecule has 3 rings (SSSR count). The Balaban J connectivity index is 0.00000320. The number of halogens is 1. The van der Waals surface area contributed by atoms with Crippen LogP contribution in [-0.2, 0) is 11.3 Å². The molecule has 9 heteroatoms. The van der Waals surface area contributed by atoms with E-state index in [2.05, 4.69) is 29.4 Å². The number of hydrogen-bond acceptors (Lipinski definition) is 5. The third-order valence-electron chi connectivity index (χ3n) is 5.82. The lowest BCUT2D eigenvalue weighted by atomic mass is 10.0. The minimum absolute atomic E-state index is 0. The first-order valence-corrected chi connectivity index (χ1v) is 10.5. The van der Waals surface area contributed by atoms with Crippen molar-refractivity contribution in [2.75, 3.05) is 32.8 Å². The Hall–Kier alpha value is -1.46. The molecule has 1 aliphatic heterocycles. The monoisotopic (exact) mass is 531 g/mol. The van der Waals surface area contributed by atoms with Gasteiger partial charge in [0, 0.05) is 43.3 Å². The third-order valence-corrected chi connectivity index (χ3v) is 5.82. The first-order valence-electron chi connectivity index (χ1n) is 10.5. The molecule has 2 aliphatic rings. The van der Waals surface area contributed by atoms with Gasteiger partial charge in [0.1, 0.15) is 0 Å². The molecule has 0 bridgehead atoms. The van der Waals surface area contributed by atoms with Crippen LogP contribution >= 0.6 is 24.0 Å². The summed E-state index contributed by atoms with van der Waals surface area (Å²) in [6.45, 7) is 9.21. The van der Waals surface area contributed by atoms with Gasteiger partial charge in [-0.2, -0.15) is 0 Å². The highest BCUT2D eigenvalue weighted by atomic mass is 127. The van der Waals surface area contributed by atoms with Crippen LogP contribution in [0.25, 0.3) is 0 Å². The number of nitrogens with zero attached hydrogens (tertiary/aromatic N) is 3. The molecule has 0 amide bonds. The molecular weight excluding hydrogens is 497 g/mol. The van der Waals surface area contributed by atoms with Crippen LogP contribution in [0.4, 0.5) is 5.69 Å². The van der Waals surface area contributed by atoms with E-state index in [9.17, 15) is 10.1 Å². The van der Waals surface area contributed by atoms with E-state index >= 15 is 0 Å². The van der Waals surface area contributed by atoms with Gasteiger partial charge in [-0.15, -0.1) is 24.0 Å². The molecule has 30 heavy (non-hydrogen) atoms. The van der Waals surface area contributed by atoms with E-state index in [0.29, 0.717) is 12.6 Å². The van der Waals surface area contributed by atoms with E-state index in [1.807, 2.05) is 0 Å². The maximum absolute atomic E-state index is 10.8. The number of benzene rings is 1. The van der Waals surface area contributed by atoms with Crippen molar-refractivity contribution in [2.45, 2.75) is 57.7 Å². The molecule has 1 aromatic rings. The van der Waals surface area contributed by atoms with E-state index in [0.717, 1.165) is 44.4 Å². The predicted octanol–water partition coefficient (Wildman–Crippen LogP) is 3.30. The lowest BCUT2D eigenvalue weighted by molar-refractivity contribution is -0.384. The Morgan fingerprint density at radius 2 is 1.87 bits per heavy atom. The van der Waals surface area contributed by atoms with E-state index in [1.165, 1.54) is 37.8 Å². The second-order valence-electron chi connectivity index (χ2n) is 8.48. The van der Waals surface area contributed by atoms with Crippen LogP contribution in [0.2, 0.25) is 0 Å². The number of nitro groups is 1. The molecule has 0 atom stereocenters. The first kappa shape index (κ1) is 24.8. The fourth-order valence-electron chi connectivity index (χ4n) is 3.89. The first-order chi connectivity index (χ1) is 13.9. The average molecular weight is 531 g/mol. The molecule has 1 heterocycles. The highest BCUT2D eigenvalue weighted by Gasteiger charge is 2.28. The zero-order valence-electron chi connectivity index (χ0n) is 17.9. The summed E-state index contributed by atoms with van der Waals surface area (Å²) in [6, 6.07) is 7.07. The molecular formula is C21H34IN5O3. The number of aliphatic imine (C=N–C) groups is 1. The number of nitrogens with one attached hydrogen (secondary N) is 2. The van der Waals surface area contributed by atoms with Gasteiger partial charge in [-0.05, 0) is 32.3 Å². The normalized spacial score (nSPS) is 18.7. The molecule has 1 aromatic carbocycles. The molecule has 8 nitrogen and oxygen atoms in total. The molecule has 1 saturated heterocycles. The van der Waals surface area contributed by atoms with Gasteiger partial charge in [0.25, 0.3) is 5.69 Å². The quantitative estimate of drug-likeness (QED) is 0.185. The van der Waals surface area contributed by atoms with Gasteiger partial charge in [-0.3, -0.25) is 15.0 Å². The third kappa shape index (κ3) is 7.35. The summed E-state index contributed by atoms with van der Waals surface area (Å²) in [7, 11) is 0. The molecule has 0 aromatic heterocycles. The summed E-state index contributed by atoms with van der Waals surface area (Å²) >= 11 is 0. The van der Waals surface area contributed by atoms with Gasteiger partial charge in [-0.1, -0.05) is 25.0 Å². The summed E-state index contributed by atoms with van der Waals surface area (Å²) in [4.78, 5) is 17.7. The van der Waals surface area contributed by atoms with Crippen LogP contribution < -0.4 is 10.6 Å². The fraction of sp³-hybridized carbons (Fsp3) is 0.667. The second-order valence-corrected chi connectivity index (χ2v) is 8.48. The maximum Gasteiger partial charge on any atom is 0.269 e. The Kier molecular flexibility index (Phi) is 9.76. The largest absolute Gasteiger partial charge is 0.379 e. The van der Waals surface area contributed by atoms with Crippen molar-refractivity contribution in [1.82, 2.24) is 15.5 Å². The van der Waals surface area contributed by atoms with E-state index in [-0.39, 0.29) is 40.1 Å². The molecule has 2 fully saturated rings. The summed E-state index contributed by atoms with van der Waals surface area (Å²) in [5, 5.41) is 17.9. The summed E-state index contributed by atoms with van der Waals surface area (Å²) in [6.07, 6.45) is 4.86. The van der Waals surface area contributed by atoms with Crippen LogP contribution in [0, 0.1) is 10.1 Å². The zero-order chi connectivity index (χ0) is 20.7. The molecule has 168 valence electrons. The summed E-state index contributed by atoms with van der Waals surface area (Å²) < 4.78 is 5.48. The Morgan fingerprint density at radius 3 is 2.47 bits per heavy atom. The van der Waals surface area contributed by atoms with E-state index < -0.39 is 0 Å². The Labute approximate surface area is 196 Å². The highest BCUT2D eigenvalue weighted by molar-refractivity contribution is 14.0. The standard InChI is InChI=1S/C21H33N5O3.HI/c1-21(2,25-11-13-29-14-12-25)16-23-20(24-18-5-3-4-6-18)22-15-17-7-9-19(10-8-17)26(27)28;/h7-10,18H,3-6,11-16H2,1-2H3,(H2,22,23,24);1H. The van der Waals surface area contributed by atoms with Crippen molar-refractivity contribution in [3.8, 4) is 0 Å². The minimum atomic E-state index is -0.380. The van der Waals surface area contributed by atoms with Crippen molar-refractivity contribution < 1.29 is 9.66 Å². The van der Waals surface area contributed by atoms with Gasteiger partial charge in [0.15, 0.2) is 5.96 Å². The smallest absolute Gasteiger partial charge is 0.269 e. The lowest BCUT2D eigenvalue weighted by Gasteiger charge is -2.41. The Bertz CT molecular complexity index is 699. The molecule has 0 spiro atoms. The average Bonchev–Trinajstić information content (AvgIpc) is 3.24. The summed E-state index contributed by atoms with van der Waals surface area (Å²) in [5.41, 5.74) is 1.05. The van der Waals surface area contributed by atoms with Gasteiger partial charge in [0.05, 0.1) is 24.7 Å². The van der Waals surface area contributed by atoms with Gasteiger partial charge in [0.2, 0.25) is 0 Å². The number of rotatable bonds is 7. The van der Waals surface area contributed by atoms with Crippen molar-refractivity contribution >= 4 is 35.6 Å². The number of nitro benzene ring substituents is 1. The molecule has 0 radical (unpaired) electrons. The number of guanidine groups is 1. The predicted molar refractivity (Wildman–Crippen MR) is 130 cm³/mol. The molecule has 1 saturated carbocycles. The van der Waals surface area contributed by atoms with E-state index in [4.69, 9.17) is 9.73 Å². The molecule has 1 aliphatic carbocycles. The van der Waals surface area contributed by atoms with Crippen LogP contribution in [0.3, 0.4) is 0 Å². The van der Waals surface area contributed by atoms with Gasteiger partial charge < -0.3 is 15.4 Å². The maximum atomic E-state index is 10.8.